The van der Waals surface area contributed by atoms with Crippen molar-refractivity contribution in [1.29, 1.82) is 0 Å². The van der Waals surface area contributed by atoms with Gasteiger partial charge < -0.3 is 4.74 Å². The third kappa shape index (κ3) is 2.82. The summed E-state index contributed by atoms with van der Waals surface area (Å²) in [6.07, 6.45) is 1.79. The summed E-state index contributed by atoms with van der Waals surface area (Å²) < 4.78 is 34.7. The summed E-state index contributed by atoms with van der Waals surface area (Å²) in [7, 11) is -1.97. The lowest BCUT2D eigenvalue weighted by Crippen LogP contribution is -2.38. The SMILES string of the molecule is COc1ccc2nnc(CNS(=O)(=O)N3CCCC3)n2n1. The molecule has 1 fully saturated rings. The minimum atomic E-state index is -3.48. The molecule has 0 radical (unpaired) electrons. The second-order valence-electron chi connectivity index (χ2n) is 4.69. The van der Waals surface area contributed by atoms with Gasteiger partial charge in [0.15, 0.2) is 11.5 Å². The first-order valence-electron chi connectivity index (χ1n) is 6.60. The monoisotopic (exact) mass is 312 g/mol. The fourth-order valence-corrected chi connectivity index (χ4v) is 3.44. The van der Waals surface area contributed by atoms with Crippen LogP contribution in [0.25, 0.3) is 5.65 Å². The molecule has 2 aromatic rings. The van der Waals surface area contributed by atoms with Crippen LogP contribution in [-0.4, -0.2) is 52.7 Å². The van der Waals surface area contributed by atoms with Crippen molar-refractivity contribution in [1.82, 2.24) is 28.8 Å². The van der Waals surface area contributed by atoms with Crippen molar-refractivity contribution in [2.45, 2.75) is 19.4 Å². The van der Waals surface area contributed by atoms with Crippen molar-refractivity contribution < 1.29 is 13.2 Å². The highest BCUT2D eigenvalue weighted by atomic mass is 32.2. The van der Waals surface area contributed by atoms with Gasteiger partial charge in [-0.25, -0.2) is 0 Å². The van der Waals surface area contributed by atoms with E-state index in [2.05, 4.69) is 20.0 Å². The van der Waals surface area contributed by atoms with Crippen LogP contribution in [0.3, 0.4) is 0 Å². The van der Waals surface area contributed by atoms with Gasteiger partial charge in [0.05, 0.1) is 13.7 Å². The predicted molar refractivity (Wildman–Crippen MR) is 73.9 cm³/mol. The van der Waals surface area contributed by atoms with Crippen molar-refractivity contribution in [3.05, 3.63) is 18.0 Å². The van der Waals surface area contributed by atoms with E-state index in [4.69, 9.17) is 4.74 Å². The van der Waals surface area contributed by atoms with Gasteiger partial charge >= 0.3 is 0 Å². The van der Waals surface area contributed by atoms with Crippen LogP contribution in [0, 0.1) is 0 Å². The van der Waals surface area contributed by atoms with E-state index in [1.807, 2.05) is 0 Å². The minimum Gasteiger partial charge on any atom is -0.480 e. The molecular formula is C11H16N6O3S. The summed E-state index contributed by atoms with van der Waals surface area (Å²) in [5.74, 6) is 0.817. The average Bonchev–Trinajstić information content (AvgIpc) is 3.14. The Kier molecular flexibility index (Phi) is 3.74. The zero-order valence-electron chi connectivity index (χ0n) is 11.6. The van der Waals surface area contributed by atoms with Crippen LogP contribution in [0.15, 0.2) is 12.1 Å². The van der Waals surface area contributed by atoms with Crippen LogP contribution < -0.4 is 9.46 Å². The molecule has 10 heteroatoms. The van der Waals surface area contributed by atoms with Crippen molar-refractivity contribution in [3.8, 4) is 5.88 Å². The molecule has 0 bridgehead atoms. The maximum absolute atomic E-state index is 12.1. The maximum Gasteiger partial charge on any atom is 0.279 e. The number of fused-ring (bicyclic) bond motifs is 1. The molecule has 9 nitrogen and oxygen atoms in total. The Morgan fingerprint density at radius 3 is 2.76 bits per heavy atom. The van der Waals surface area contributed by atoms with Gasteiger partial charge in [0.25, 0.3) is 10.2 Å². The van der Waals surface area contributed by atoms with Gasteiger partial charge in [-0.05, 0) is 18.9 Å². The molecule has 0 saturated carbocycles. The largest absolute Gasteiger partial charge is 0.480 e. The van der Waals surface area contributed by atoms with Gasteiger partial charge in [-0.3, -0.25) is 0 Å². The number of hydrogen-bond donors (Lipinski definition) is 1. The third-order valence-electron chi connectivity index (χ3n) is 3.33. The summed E-state index contributed by atoms with van der Waals surface area (Å²) in [4.78, 5) is 0. The number of methoxy groups -OCH3 is 1. The smallest absolute Gasteiger partial charge is 0.279 e. The fraction of sp³-hybridized carbons (Fsp3) is 0.545. The molecule has 0 aromatic carbocycles. The van der Waals surface area contributed by atoms with Crippen molar-refractivity contribution in [2.24, 2.45) is 0 Å². The van der Waals surface area contributed by atoms with Crippen LogP contribution in [0.4, 0.5) is 0 Å². The number of aromatic nitrogens is 4. The van der Waals surface area contributed by atoms with Crippen LogP contribution in [-0.2, 0) is 16.8 Å². The van der Waals surface area contributed by atoms with E-state index >= 15 is 0 Å². The van der Waals surface area contributed by atoms with Crippen molar-refractivity contribution in [3.63, 3.8) is 0 Å². The highest BCUT2D eigenvalue weighted by molar-refractivity contribution is 7.87. The molecule has 0 unspecified atom stereocenters. The highest BCUT2D eigenvalue weighted by Gasteiger charge is 2.25. The number of rotatable bonds is 5. The molecule has 1 saturated heterocycles. The summed E-state index contributed by atoms with van der Waals surface area (Å²) in [5, 5.41) is 12.1. The van der Waals surface area contributed by atoms with Crippen molar-refractivity contribution >= 4 is 15.9 Å². The first kappa shape index (κ1) is 14.2. The van der Waals surface area contributed by atoms with E-state index in [1.165, 1.54) is 15.9 Å². The molecule has 21 heavy (non-hydrogen) atoms. The first-order valence-corrected chi connectivity index (χ1v) is 8.04. The lowest BCUT2D eigenvalue weighted by Gasteiger charge is -2.15. The van der Waals surface area contributed by atoms with Crippen LogP contribution in [0.5, 0.6) is 5.88 Å². The molecule has 0 atom stereocenters. The molecule has 0 amide bonds. The van der Waals surface area contributed by atoms with Gasteiger partial charge in [-0.15, -0.1) is 15.3 Å². The minimum absolute atomic E-state index is 0.0279. The summed E-state index contributed by atoms with van der Waals surface area (Å²) in [6.45, 7) is 1.14. The zero-order chi connectivity index (χ0) is 14.9. The number of ether oxygens (including phenoxy) is 1. The third-order valence-corrected chi connectivity index (χ3v) is 4.88. The van der Waals surface area contributed by atoms with Crippen LogP contribution in [0.2, 0.25) is 0 Å². The maximum atomic E-state index is 12.1. The van der Waals surface area contributed by atoms with Gasteiger partial charge in [0, 0.05) is 19.2 Å². The Labute approximate surface area is 122 Å². The molecule has 2 aromatic heterocycles. The first-order chi connectivity index (χ1) is 10.1. The number of nitrogens with one attached hydrogen (secondary N) is 1. The van der Waals surface area contributed by atoms with Crippen LogP contribution in [0.1, 0.15) is 18.7 Å². The second-order valence-corrected chi connectivity index (χ2v) is 6.45. The van der Waals surface area contributed by atoms with Crippen LogP contribution >= 0.6 is 0 Å². The number of nitrogens with zero attached hydrogens (tertiary/aromatic N) is 5. The summed E-state index contributed by atoms with van der Waals surface area (Å²) >= 11 is 0. The molecule has 1 aliphatic heterocycles. The van der Waals surface area contributed by atoms with E-state index in [9.17, 15) is 8.42 Å². The van der Waals surface area contributed by atoms with Gasteiger partial charge in [-0.1, -0.05) is 0 Å². The average molecular weight is 312 g/mol. The van der Waals surface area contributed by atoms with Gasteiger partial charge in [0.1, 0.15) is 0 Å². The predicted octanol–water partition coefficient (Wildman–Crippen LogP) is -0.437. The molecule has 3 heterocycles. The Balaban J connectivity index is 1.78. The second kappa shape index (κ2) is 5.54. The lowest BCUT2D eigenvalue weighted by molar-refractivity contribution is 0.389. The van der Waals surface area contributed by atoms with Gasteiger partial charge in [0.2, 0.25) is 5.88 Å². The van der Waals surface area contributed by atoms with E-state index in [-0.39, 0.29) is 6.54 Å². The standard InChI is InChI=1S/C11H16N6O3S/c1-20-11-5-4-9-13-14-10(17(9)15-11)8-12-21(18,19)16-6-2-3-7-16/h4-5,12H,2-3,6-8H2,1H3. The molecule has 0 aliphatic carbocycles. The number of hydrogen-bond acceptors (Lipinski definition) is 6. The van der Waals surface area contributed by atoms with Gasteiger partial charge in [-0.2, -0.15) is 22.0 Å². The molecule has 114 valence electrons. The van der Waals surface area contributed by atoms with E-state index in [0.29, 0.717) is 30.4 Å². The van der Waals surface area contributed by atoms with Crippen molar-refractivity contribution in [2.75, 3.05) is 20.2 Å². The molecule has 3 rings (SSSR count). The highest BCUT2D eigenvalue weighted by Crippen LogP contribution is 2.12. The van der Waals surface area contributed by atoms with E-state index in [0.717, 1.165) is 12.8 Å². The quantitative estimate of drug-likeness (QED) is 0.803. The molecule has 1 N–H and O–H groups in total. The Bertz CT molecular complexity index is 737. The molecular weight excluding hydrogens is 296 g/mol. The Morgan fingerprint density at radius 1 is 1.29 bits per heavy atom. The summed E-state index contributed by atoms with van der Waals surface area (Å²) in [5.41, 5.74) is 0.533. The zero-order valence-corrected chi connectivity index (χ0v) is 12.4. The van der Waals surface area contributed by atoms with E-state index in [1.54, 1.807) is 12.1 Å². The van der Waals surface area contributed by atoms with E-state index < -0.39 is 10.2 Å². The summed E-state index contributed by atoms with van der Waals surface area (Å²) in [6, 6.07) is 3.37. The normalized spacial score (nSPS) is 16.6. The topological polar surface area (TPSA) is 102 Å². The molecule has 1 aliphatic rings. The Morgan fingerprint density at radius 2 is 2.05 bits per heavy atom. The lowest BCUT2D eigenvalue weighted by atomic mass is 10.4. The molecule has 0 spiro atoms. The Hall–Kier alpha value is -1.78. The fourth-order valence-electron chi connectivity index (χ4n) is 2.21.